The molecule has 0 fully saturated rings. The smallest absolute Gasteiger partial charge is 0.139 e. The molecule has 1 atom stereocenters. The largest absolute Gasteiger partial charge is 0.249 e. The second-order valence-electron chi connectivity index (χ2n) is 3.51. The van der Waals surface area contributed by atoms with Crippen LogP contribution >= 0.6 is 0 Å². The van der Waals surface area contributed by atoms with E-state index in [-0.39, 0.29) is 4.90 Å². The molecular formula is C13H11FOS. The van der Waals surface area contributed by atoms with Gasteiger partial charge in [0.1, 0.15) is 5.82 Å². The van der Waals surface area contributed by atoms with Crippen LogP contribution in [0.1, 0.15) is 5.56 Å². The Balaban J connectivity index is 2.40. The van der Waals surface area contributed by atoms with Gasteiger partial charge in [-0.25, -0.2) is 8.60 Å². The van der Waals surface area contributed by atoms with Gasteiger partial charge in [-0.15, -0.1) is 0 Å². The quantitative estimate of drug-likeness (QED) is 0.779. The van der Waals surface area contributed by atoms with Crippen LogP contribution in [0, 0.1) is 12.7 Å². The molecule has 0 aromatic heterocycles. The van der Waals surface area contributed by atoms with Crippen LogP contribution in [0.3, 0.4) is 0 Å². The van der Waals surface area contributed by atoms with E-state index in [0.717, 1.165) is 5.56 Å². The molecule has 0 saturated carbocycles. The van der Waals surface area contributed by atoms with Crippen LogP contribution in [0.15, 0.2) is 58.3 Å². The van der Waals surface area contributed by atoms with Crippen molar-refractivity contribution < 1.29 is 8.60 Å². The van der Waals surface area contributed by atoms with Crippen molar-refractivity contribution in [1.29, 1.82) is 0 Å². The zero-order valence-corrected chi connectivity index (χ0v) is 9.63. The van der Waals surface area contributed by atoms with Gasteiger partial charge in [0.15, 0.2) is 0 Å². The third-order valence-corrected chi connectivity index (χ3v) is 3.70. The summed E-state index contributed by atoms with van der Waals surface area (Å²) in [5.41, 5.74) is 1.09. The molecule has 2 rings (SSSR count). The minimum absolute atomic E-state index is 0.228. The Kier molecular flexibility index (Phi) is 3.15. The van der Waals surface area contributed by atoms with E-state index in [0.29, 0.717) is 4.90 Å². The summed E-state index contributed by atoms with van der Waals surface area (Å²) in [4.78, 5) is 0.849. The van der Waals surface area contributed by atoms with E-state index in [2.05, 4.69) is 0 Å². The predicted molar refractivity (Wildman–Crippen MR) is 62.3 cm³/mol. The van der Waals surface area contributed by atoms with Crippen LogP contribution in [-0.4, -0.2) is 4.21 Å². The van der Waals surface area contributed by atoms with Gasteiger partial charge in [0, 0.05) is 4.90 Å². The molecular weight excluding hydrogens is 223 g/mol. The van der Waals surface area contributed by atoms with Gasteiger partial charge in [0.05, 0.1) is 15.7 Å². The Bertz CT molecular complexity index is 520. The highest BCUT2D eigenvalue weighted by Gasteiger charge is 2.10. The zero-order chi connectivity index (χ0) is 11.5. The zero-order valence-electron chi connectivity index (χ0n) is 8.81. The summed E-state index contributed by atoms with van der Waals surface area (Å²) >= 11 is 0. The summed E-state index contributed by atoms with van der Waals surface area (Å²) in [6, 6.07) is 13.4. The molecule has 0 aliphatic heterocycles. The Morgan fingerprint density at radius 1 is 1.00 bits per heavy atom. The van der Waals surface area contributed by atoms with Crippen LogP contribution in [0.5, 0.6) is 0 Å². The molecule has 0 N–H and O–H groups in total. The molecule has 2 aromatic carbocycles. The summed E-state index contributed by atoms with van der Waals surface area (Å²) in [5, 5.41) is 0. The minimum atomic E-state index is -1.44. The van der Waals surface area contributed by atoms with Gasteiger partial charge in [0.25, 0.3) is 0 Å². The van der Waals surface area contributed by atoms with Crippen LogP contribution < -0.4 is 0 Å². The van der Waals surface area contributed by atoms with Crippen molar-refractivity contribution in [2.24, 2.45) is 0 Å². The van der Waals surface area contributed by atoms with E-state index in [4.69, 9.17) is 0 Å². The first-order valence-electron chi connectivity index (χ1n) is 4.91. The highest BCUT2D eigenvalue weighted by Crippen LogP contribution is 2.19. The van der Waals surface area contributed by atoms with Crippen LogP contribution in [0.4, 0.5) is 4.39 Å². The predicted octanol–water partition coefficient (Wildman–Crippen LogP) is 3.30. The number of rotatable bonds is 2. The number of aryl methyl sites for hydroxylation is 1. The number of benzene rings is 2. The first-order chi connectivity index (χ1) is 7.68. The van der Waals surface area contributed by atoms with Gasteiger partial charge >= 0.3 is 0 Å². The van der Waals surface area contributed by atoms with Crippen molar-refractivity contribution in [2.45, 2.75) is 16.7 Å². The summed E-state index contributed by atoms with van der Waals surface area (Å²) in [7, 11) is -1.44. The van der Waals surface area contributed by atoms with Crippen molar-refractivity contribution in [1.82, 2.24) is 0 Å². The van der Waals surface area contributed by atoms with Crippen molar-refractivity contribution in [3.8, 4) is 0 Å². The summed E-state index contributed by atoms with van der Waals surface area (Å²) in [6.45, 7) is 1.95. The van der Waals surface area contributed by atoms with Crippen molar-refractivity contribution in [3.05, 3.63) is 59.9 Å². The SMILES string of the molecule is Cc1ccc(S(=O)c2ccccc2F)cc1. The van der Waals surface area contributed by atoms with E-state index in [9.17, 15) is 8.60 Å². The minimum Gasteiger partial charge on any atom is -0.249 e. The van der Waals surface area contributed by atoms with Crippen molar-refractivity contribution in [2.75, 3.05) is 0 Å². The average molecular weight is 234 g/mol. The molecule has 16 heavy (non-hydrogen) atoms. The Hall–Kier alpha value is -1.48. The third-order valence-electron chi connectivity index (χ3n) is 2.27. The maximum Gasteiger partial charge on any atom is 0.139 e. The molecule has 0 radical (unpaired) electrons. The first kappa shape index (κ1) is 11.0. The van der Waals surface area contributed by atoms with Gasteiger partial charge in [-0.3, -0.25) is 0 Å². The first-order valence-corrected chi connectivity index (χ1v) is 6.06. The fourth-order valence-electron chi connectivity index (χ4n) is 1.38. The summed E-state index contributed by atoms with van der Waals surface area (Å²) < 4.78 is 25.5. The lowest BCUT2D eigenvalue weighted by Crippen LogP contribution is -1.95. The second-order valence-corrected chi connectivity index (χ2v) is 4.96. The molecule has 82 valence electrons. The Morgan fingerprint density at radius 3 is 2.25 bits per heavy atom. The molecule has 0 amide bonds. The van der Waals surface area contributed by atoms with E-state index in [1.54, 1.807) is 30.3 Å². The average Bonchev–Trinajstić information content (AvgIpc) is 2.30. The number of hydrogen-bond donors (Lipinski definition) is 0. The monoisotopic (exact) mass is 234 g/mol. The topological polar surface area (TPSA) is 17.1 Å². The second kappa shape index (κ2) is 4.58. The summed E-state index contributed by atoms with van der Waals surface area (Å²) in [5.74, 6) is -0.429. The lowest BCUT2D eigenvalue weighted by atomic mass is 10.2. The van der Waals surface area contributed by atoms with E-state index < -0.39 is 16.6 Å². The lowest BCUT2D eigenvalue weighted by Gasteiger charge is -2.03. The standard InChI is InChI=1S/C13H11FOS/c1-10-6-8-11(9-7-10)16(15)13-5-3-2-4-12(13)14/h2-9H,1H3. The van der Waals surface area contributed by atoms with Gasteiger partial charge in [0.2, 0.25) is 0 Å². The molecule has 0 aliphatic carbocycles. The molecule has 0 saturated heterocycles. The van der Waals surface area contributed by atoms with Gasteiger partial charge in [-0.05, 0) is 31.2 Å². The maximum atomic E-state index is 13.4. The maximum absolute atomic E-state index is 13.4. The Labute approximate surface area is 96.4 Å². The van der Waals surface area contributed by atoms with Crippen LogP contribution in [-0.2, 0) is 10.8 Å². The molecule has 1 nitrogen and oxygen atoms in total. The van der Waals surface area contributed by atoms with E-state index >= 15 is 0 Å². The van der Waals surface area contributed by atoms with Gasteiger partial charge in [-0.1, -0.05) is 29.8 Å². The van der Waals surface area contributed by atoms with Crippen LogP contribution in [0.25, 0.3) is 0 Å². The fraction of sp³-hybridized carbons (Fsp3) is 0.0769. The molecule has 0 aliphatic rings. The third kappa shape index (κ3) is 2.19. The molecule has 0 heterocycles. The van der Waals surface area contributed by atoms with Crippen molar-refractivity contribution >= 4 is 10.8 Å². The lowest BCUT2D eigenvalue weighted by molar-refractivity contribution is 0.595. The molecule has 0 spiro atoms. The normalized spacial score (nSPS) is 12.4. The van der Waals surface area contributed by atoms with Gasteiger partial charge in [-0.2, -0.15) is 0 Å². The van der Waals surface area contributed by atoms with E-state index in [1.807, 2.05) is 19.1 Å². The van der Waals surface area contributed by atoms with Crippen LogP contribution in [0.2, 0.25) is 0 Å². The molecule has 2 aromatic rings. The fourth-order valence-corrected chi connectivity index (χ4v) is 2.47. The molecule has 3 heteroatoms. The summed E-state index contributed by atoms with van der Waals surface area (Å²) in [6.07, 6.45) is 0. The molecule has 0 bridgehead atoms. The number of halogens is 1. The van der Waals surface area contributed by atoms with Crippen molar-refractivity contribution in [3.63, 3.8) is 0 Å². The van der Waals surface area contributed by atoms with E-state index in [1.165, 1.54) is 6.07 Å². The Morgan fingerprint density at radius 2 is 1.62 bits per heavy atom. The number of hydrogen-bond acceptors (Lipinski definition) is 1. The highest BCUT2D eigenvalue weighted by atomic mass is 32.2. The highest BCUT2D eigenvalue weighted by molar-refractivity contribution is 7.85. The van der Waals surface area contributed by atoms with Gasteiger partial charge < -0.3 is 0 Å². The molecule has 1 unspecified atom stereocenters.